The molecule has 0 spiro atoms. The van der Waals surface area contributed by atoms with Crippen LogP contribution in [-0.4, -0.2) is 52.8 Å². The Morgan fingerprint density at radius 2 is 2.11 bits per heavy atom. The Morgan fingerprint density at radius 3 is 2.85 bits per heavy atom. The van der Waals surface area contributed by atoms with Crippen LogP contribution in [0, 0.1) is 13.8 Å². The predicted octanol–water partition coefficient (Wildman–Crippen LogP) is 1.78. The number of morpholine rings is 1. The van der Waals surface area contributed by atoms with E-state index in [1.807, 2.05) is 18.2 Å². The van der Waals surface area contributed by atoms with E-state index in [2.05, 4.69) is 39.2 Å². The molecular weight excluding hydrogens is 342 g/mol. The highest BCUT2D eigenvalue weighted by atomic mass is 16.5. The third-order valence-electron chi connectivity index (χ3n) is 5.11. The van der Waals surface area contributed by atoms with Crippen LogP contribution < -0.4 is 5.43 Å². The summed E-state index contributed by atoms with van der Waals surface area (Å²) in [4.78, 5) is 22.3. The van der Waals surface area contributed by atoms with E-state index in [9.17, 15) is 4.79 Å². The first kappa shape index (κ1) is 17.6. The summed E-state index contributed by atoms with van der Waals surface area (Å²) in [5.74, 6) is -0.199. The van der Waals surface area contributed by atoms with Crippen molar-refractivity contribution in [3.05, 3.63) is 58.2 Å². The molecule has 0 radical (unpaired) electrons. The second-order valence-electron chi connectivity index (χ2n) is 6.86. The summed E-state index contributed by atoms with van der Waals surface area (Å²) in [6.45, 7) is 8.52. The minimum absolute atomic E-state index is 0.199. The fraction of sp³-hybridized carbons (Fsp3) is 0.350. The number of carbonyl (C=O) groups excluding carboxylic acids is 1. The molecule has 4 rings (SSSR count). The van der Waals surface area contributed by atoms with Crippen LogP contribution >= 0.6 is 0 Å². The number of ether oxygens (including phenoxy) is 1. The second-order valence-corrected chi connectivity index (χ2v) is 6.86. The van der Waals surface area contributed by atoms with E-state index in [0.717, 1.165) is 55.4 Å². The SMILES string of the molecule is Cc1[nH]c(C=C2C(=O)NN=C2c2cccnc2)c(C)c1CN1CCOCC1. The highest BCUT2D eigenvalue weighted by molar-refractivity contribution is 6.33. The summed E-state index contributed by atoms with van der Waals surface area (Å²) < 4.78 is 5.44. The zero-order valence-corrected chi connectivity index (χ0v) is 15.6. The van der Waals surface area contributed by atoms with Crippen LogP contribution in [0.2, 0.25) is 0 Å². The number of aromatic nitrogens is 2. The van der Waals surface area contributed by atoms with Crippen LogP contribution in [0.15, 0.2) is 35.2 Å². The molecule has 0 bridgehead atoms. The maximum Gasteiger partial charge on any atom is 0.273 e. The molecule has 27 heavy (non-hydrogen) atoms. The number of rotatable bonds is 4. The number of H-pyrrole nitrogens is 1. The van der Waals surface area contributed by atoms with Gasteiger partial charge in [-0.2, -0.15) is 5.10 Å². The molecule has 0 aliphatic carbocycles. The van der Waals surface area contributed by atoms with Gasteiger partial charge < -0.3 is 9.72 Å². The monoisotopic (exact) mass is 365 g/mol. The molecule has 1 fully saturated rings. The minimum Gasteiger partial charge on any atom is -0.379 e. The quantitative estimate of drug-likeness (QED) is 0.809. The van der Waals surface area contributed by atoms with E-state index in [4.69, 9.17) is 4.74 Å². The van der Waals surface area contributed by atoms with Crippen LogP contribution in [0.25, 0.3) is 6.08 Å². The van der Waals surface area contributed by atoms with E-state index in [1.54, 1.807) is 12.4 Å². The lowest BCUT2D eigenvalue weighted by Crippen LogP contribution is -2.35. The molecule has 4 heterocycles. The zero-order valence-electron chi connectivity index (χ0n) is 15.6. The maximum absolute atomic E-state index is 12.3. The molecule has 1 saturated heterocycles. The Kier molecular flexibility index (Phi) is 4.87. The smallest absolute Gasteiger partial charge is 0.273 e. The van der Waals surface area contributed by atoms with E-state index in [1.165, 1.54) is 5.56 Å². The van der Waals surface area contributed by atoms with Gasteiger partial charge in [0.2, 0.25) is 0 Å². The predicted molar refractivity (Wildman–Crippen MR) is 103 cm³/mol. The summed E-state index contributed by atoms with van der Waals surface area (Å²) in [6.07, 6.45) is 5.30. The normalized spacial score (nSPS) is 19.4. The van der Waals surface area contributed by atoms with Crippen LogP contribution in [0.5, 0.6) is 0 Å². The highest BCUT2D eigenvalue weighted by Crippen LogP contribution is 2.24. The molecular formula is C20H23N5O2. The molecule has 0 aromatic carbocycles. The number of aryl methyl sites for hydroxylation is 1. The first-order valence-corrected chi connectivity index (χ1v) is 9.12. The third-order valence-corrected chi connectivity index (χ3v) is 5.11. The lowest BCUT2D eigenvalue weighted by molar-refractivity contribution is -0.116. The van der Waals surface area contributed by atoms with E-state index >= 15 is 0 Å². The Balaban J connectivity index is 1.64. The number of pyridine rings is 1. The van der Waals surface area contributed by atoms with Crippen molar-refractivity contribution in [1.82, 2.24) is 20.3 Å². The molecule has 2 aliphatic rings. The van der Waals surface area contributed by atoms with Crippen molar-refractivity contribution in [2.24, 2.45) is 5.10 Å². The number of nitrogens with one attached hydrogen (secondary N) is 2. The van der Waals surface area contributed by atoms with Gasteiger partial charge in [-0.25, -0.2) is 5.43 Å². The van der Waals surface area contributed by atoms with Crippen LogP contribution in [0.1, 0.15) is 28.1 Å². The average Bonchev–Trinajstić information content (AvgIpc) is 3.18. The highest BCUT2D eigenvalue weighted by Gasteiger charge is 2.25. The molecule has 0 atom stereocenters. The summed E-state index contributed by atoms with van der Waals surface area (Å²) in [7, 11) is 0. The van der Waals surface area contributed by atoms with Crippen molar-refractivity contribution in [2.45, 2.75) is 20.4 Å². The van der Waals surface area contributed by atoms with Crippen LogP contribution in [0.4, 0.5) is 0 Å². The molecule has 140 valence electrons. The summed E-state index contributed by atoms with van der Waals surface area (Å²) in [6, 6.07) is 3.74. The Labute approximate surface area is 158 Å². The number of hydrogen-bond acceptors (Lipinski definition) is 5. The molecule has 7 heteroatoms. The van der Waals surface area contributed by atoms with Crippen molar-refractivity contribution in [3.63, 3.8) is 0 Å². The fourth-order valence-corrected chi connectivity index (χ4v) is 3.52. The minimum atomic E-state index is -0.199. The van der Waals surface area contributed by atoms with Crippen molar-refractivity contribution in [3.8, 4) is 0 Å². The molecule has 2 N–H and O–H groups in total. The van der Waals surface area contributed by atoms with Gasteiger partial charge in [-0.15, -0.1) is 0 Å². The molecule has 2 aromatic heterocycles. The Bertz CT molecular complexity index is 908. The van der Waals surface area contributed by atoms with Crippen LogP contribution in [-0.2, 0) is 16.1 Å². The molecule has 0 unspecified atom stereocenters. The largest absolute Gasteiger partial charge is 0.379 e. The third kappa shape index (κ3) is 3.56. The van der Waals surface area contributed by atoms with Gasteiger partial charge in [0.25, 0.3) is 5.91 Å². The van der Waals surface area contributed by atoms with E-state index in [0.29, 0.717) is 11.3 Å². The van der Waals surface area contributed by atoms with Gasteiger partial charge in [0.1, 0.15) is 5.71 Å². The second kappa shape index (κ2) is 7.46. The average molecular weight is 365 g/mol. The molecule has 1 amide bonds. The van der Waals surface area contributed by atoms with Gasteiger partial charge in [0.05, 0.1) is 18.8 Å². The van der Waals surface area contributed by atoms with Gasteiger partial charge in [-0.1, -0.05) is 0 Å². The maximum atomic E-state index is 12.3. The summed E-state index contributed by atoms with van der Waals surface area (Å²) in [5, 5.41) is 4.19. The summed E-state index contributed by atoms with van der Waals surface area (Å²) in [5.41, 5.74) is 9.06. The van der Waals surface area contributed by atoms with Crippen molar-refractivity contribution in [2.75, 3.05) is 26.3 Å². The van der Waals surface area contributed by atoms with E-state index < -0.39 is 0 Å². The zero-order chi connectivity index (χ0) is 18.8. The number of nitrogens with zero attached hydrogens (tertiary/aromatic N) is 3. The van der Waals surface area contributed by atoms with E-state index in [-0.39, 0.29) is 5.91 Å². The molecule has 2 aromatic rings. The topological polar surface area (TPSA) is 82.6 Å². The molecule has 7 nitrogen and oxygen atoms in total. The molecule has 2 aliphatic heterocycles. The van der Waals surface area contributed by atoms with Crippen LogP contribution in [0.3, 0.4) is 0 Å². The molecule has 0 saturated carbocycles. The van der Waals surface area contributed by atoms with Crippen molar-refractivity contribution in [1.29, 1.82) is 0 Å². The van der Waals surface area contributed by atoms with Gasteiger partial charge >= 0.3 is 0 Å². The van der Waals surface area contributed by atoms with Gasteiger partial charge in [-0.05, 0) is 43.2 Å². The van der Waals surface area contributed by atoms with Crippen molar-refractivity contribution < 1.29 is 9.53 Å². The first-order chi connectivity index (χ1) is 13.1. The van der Waals surface area contributed by atoms with Crippen molar-refractivity contribution >= 4 is 17.7 Å². The standard InChI is InChI=1S/C20H23N5O2/c1-13-17(12-25-6-8-27-9-7-25)14(2)22-18(13)10-16-19(23-24-20(16)26)15-4-3-5-21-11-15/h3-5,10-11,22H,6-9,12H2,1-2H3,(H,24,26). The first-order valence-electron chi connectivity index (χ1n) is 9.12. The van der Waals surface area contributed by atoms with Gasteiger partial charge in [-0.3, -0.25) is 14.7 Å². The lowest BCUT2D eigenvalue weighted by atomic mass is 10.0. The number of carbonyl (C=O) groups is 1. The lowest BCUT2D eigenvalue weighted by Gasteiger charge is -2.26. The van der Waals surface area contributed by atoms with Gasteiger partial charge in [0, 0.05) is 49.0 Å². The Hall–Kier alpha value is -2.77. The number of hydrazone groups is 1. The number of aromatic amines is 1. The summed E-state index contributed by atoms with van der Waals surface area (Å²) >= 11 is 0. The van der Waals surface area contributed by atoms with Gasteiger partial charge in [0.15, 0.2) is 0 Å². The fourth-order valence-electron chi connectivity index (χ4n) is 3.52. The number of hydrogen-bond donors (Lipinski definition) is 2. The number of amides is 1. The Morgan fingerprint density at radius 1 is 1.30 bits per heavy atom.